The van der Waals surface area contributed by atoms with E-state index in [1.807, 2.05) is 11.0 Å². The molecule has 0 amide bonds. The van der Waals surface area contributed by atoms with Crippen LogP contribution in [0.4, 0.5) is 17.1 Å². The van der Waals surface area contributed by atoms with Crippen molar-refractivity contribution >= 4 is 26.9 Å². The minimum Gasteiger partial charge on any atom is -0.497 e. The number of hydrogen-bond acceptors (Lipinski definition) is 9. The quantitative estimate of drug-likeness (QED) is 0.301. The van der Waals surface area contributed by atoms with Gasteiger partial charge in [0.2, 0.25) is 0 Å². The highest BCUT2D eigenvalue weighted by atomic mass is 32.2. The lowest BCUT2D eigenvalue weighted by Crippen LogP contribution is -2.46. The number of anilines is 1. The predicted octanol–water partition coefficient (Wildman–Crippen LogP) is 3.81. The average molecular weight is 527 g/mol. The van der Waals surface area contributed by atoms with Gasteiger partial charge < -0.3 is 9.64 Å². The second-order valence-corrected chi connectivity index (χ2v) is 10.7. The highest BCUT2D eigenvalue weighted by Crippen LogP contribution is 2.33. The van der Waals surface area contributed by atoms with Gasteiger partial charge in [0.1, 0.15) is 11.4 Å². The normalized spacial score (nSPS) is 14.4. The van der Waals surface area contributed by atoms with E-state index >= 15 is 0 Å². The third-order valence-electron chi connectivity index (χ3n) is 6.23. The van der Waals surface area contributed by atoms with Gasteiger partial charge in [-0.1, -0.05) is 24.3 Å². The second kappa shape index (κ2) is 10.9. The topological polar surface area (TPSA) is 136 Å². The number of benzene rings is 3. The zero-order valence-electron chi connectivity index (χ0n) is 20.1. The summed E-state index contributed by atoms with van der Waals surface area (Å²) < 4.78 is 31.2. The molecule has 0 N–H and O–H groups in total. The number of rotatable bonds is 9. The summed E-state index contributed by atoms with van der Waals surface area (Å²) in [6, 6.07) is 17.2. The van der Waals surface area contributed by atoms with Crippen LogP contribution < -0.4 is 9.64 Å². The van der Waals surface area contributed by atoms with E-state index in [0.29, 0.717) is 49.7 Å². The van der Waals surface area contributed by atoms with Crippen molar-refractivity contribution in [3.63, 3.8) is 0 Å². The van der Waals surface area contributed by atoms with Crippen LogP contribution in [0.5, 0.6) is 5.75 Å². The molecule has 1 aliphatic heterocycles. The molecule has 1 aliphatic rings. The molecule has 0 atom stereocenters. The minimum absolute atomic E-state index is 0.0354. The van der Waals surface area contributed by atoms with E-state index in [-0.39, 0.29) is 22.0 Å². The van der Waals surface area contributed by atoms with Gasteiger partial charge in [0, 0.05) is 50.9 Å². The van der Waals surface area contributed by atoms with E-state index in [0.717, 1.165) is 11.6 Å². The van der Waals surface area contributed by atoms with Crippen LogP contribution in [0.15, 0.2) is 71.6 Å². The monoisotopic (exact) mass is 526 g/mol. The van der Waals surface area contributed by atoms with Crippen LogP contribution in [-0.4, -0.2) is 56.5 Å². The van der Waals surface area contributed by atoms with Crippen molar-refractivity contribution < 1.29 is 23.0 Å². The summed E-state index contributed by atoms with van der Waals surface area (Å²) in [5, 5.41) is 22.9. The zero-order chi connectivity index (χ0) is 26.6. The molecule has 0 radical (unpaired) electrons. The van der Waals surface area contributed by atoms with Crippen molar-refractivity contribution in [2.75, 3.05) is 38.2 Å². The van der Waals surface area contributed by atoms with Gasteiger partial charge in [-0.25, -0.2) is 8.42 Å². The summed E-state index contributed by atoms with van der Waals surface area (Å²) in [5.74, 6) is 0.218. The van der Waals surface area contributed by atoms with Crippen molar-refractivity contribution in [2.45, 2.75) is 17.2 Å². The largest absolute Gasteiger partial charge is 0.497 e. The lowest BCUT2D eigenvalue weighted by molar-refractivity contribution is -0.385. The Morgan fingerprint density at radius 3 is 2.24 bits per heavy atom. The summed E-state index contributed by atoms with van der Waals surface area (Å²) in [4.78, 5) is 25.8. The van der Waals surface area contributed by atoms with Gasteiger partial charge in [-0.15, -0.1) is 0 Å². The maximum Gasteiger partial charge on any atom is 0.293 e. The minimum atomic E-state index is -3.83. The van der Waals surface area contributed by atoms with Crippen molar-refractivity contribution in [3.05, 3.63) is 98.1 Å². The molecule has 0 spiro atoms. The maximum atomic E-state index is 13.0. The fourth-order valence-electron chi connectivity index (χ4n) is 4.35. The molecule has 37 heavy (non-hydrogen) atoms. The Kier molecular flexibility index (Phi) is 7.69. The molecule has 12 heteroatoms. The van der Waals surface area contributed by atoms with Crippen molar-refractivity contribution in [1.82, 2.24) is 4.90 Å². The van der Waals surface area contributed by atoms with E-state index in [9.17, 15) is 28.6 Å². The van der Waals surface area contributed by atoms with E-state index in [1.54, 1.807) is 36.4 Å². The van der Waals surface area contributed by atoms with Crippen LogP contribution >= 0.6 is 0 Å². The molecule has 11 nitrogen and oxygen atoms in total. The summed E-state index contributed by atoms with van der Waals surface area (Å²) in [7, 11) is -2.34. The van der Waals surface area contributed by atoms with Crippen molar-refractivity contribution in [3.8, 4) is 5.75 Å². The van der Waals surface area contributed by atoms with E-state index in [4.69, 9.17) is 4.74 Å². The third-order valence-corrected chi connectivity index (χ3v) is 7.92. The highest BCUT2D eigenvalue weighted by Gasteiger charge is 2.27. The van der Waals surface area contributed by atoms with Crippen LogP contribution in [0.1, 0.15) is 11.1 Å². The van der Waals surface area contributed by atoms with E-state index in [2.05, 4.69) is 4.90 Å². The molecule has 194 valence electrons. The number of nitrogens with zero attached hydrogens (tertiary/aromatic N) is 4. The first-order chi connectivity index (χ1) is 17.7. The summed E-state index contributed by atoms with van der Waals surface area (Å²) >= 11 is 0. The molecule has 3 aromatic rings. The molecular weight excluding hydrogens is 500 g/mol. The number of ether oxygens (including phenoxy) is 1. The molecule has 0 saturated carbocycles. The van der Waals surface area contributed by atoms with Gasteiger partial charge in [0.15, 0.2) is 9.84 Å². The summed E-state index contributed by atoms with van der Waals surface area (Å²) in [6.45, 7) is 2.70. The summed E-state index contributed by atoms with van der Waals surface area (Å²) in [5.41, 5.74) is 1.47. The molecule has 4 rings (SSSR count). The van der Waals surface area contributed by atoms with E-state index < -0.39 is 19.7 Å². The van der Waals surface area contributed by atoms with Gasteiger partial charge in [-0.05, 0) is 35.4 Å². The number of hydrogen-bond donors (Lipinski definition) is 0. The zero-order valence-corrected chi connectivity index (χ0v) is 21.0. The lowest BCUT2D eigenvalue weighted by atomic mass is 10.1. The number of non-ortho nitro benzene ring substituents is 1. The fourth-order valence-corrected chi connectivity index (χ4v) is 5.70. The molecule has 0 aromatic heterocycles. The highest BCUT2D eigenvalue weighted by molar-refractivity contribution is 7.90. The van der Waals surface area contributed by atoms with E-state index in [1.165, 1.54) is 25.3 Å². The Labute approximate surface area is 214 Å². The first kappa shape index (κ1) is 26.0. The van der Waals surface area contributed by atoms with Gasteiger partial charge >= 0.3 is 0 Å². The fraction of sp³-hybridized carbons (Fsp3) is 0.280. The molecule has 0 unspecified atom stereocenters. The molecular formula is C25H26N4O7S. The second-order valence-electron chi connectivity index (χ2n) is 8.71. The molecule has 1 heterocycles. The molecule has 1 saturated heterocycles. The number of sulfone groups is 1. The number of piperazine rings is 1. The standard InChI is InChI=1S/C25H26N4O7S/c1-36-22-7-3-5-20(15-22)18-37(34,35)23-8-9-24(25(16-23)29(32)33)27-12-10-26(11-13-27)17-19-4-2-6-21(14-19)28(30)31/h2-9,14-16H,10-13,17-18H2,1H3. The Balaban J connectivity index is 1.47. The predicted molar refractivity (Wildman–Crippen MR) is 138 cm³/mol. The van der Waals surface area contributed by atoms with Gasteiger partial charge in [-0.2, -0.15) is 0 Å². The van der Waals surface area contributed by atoms with Gasteiger partial charge in [0.25, 0.3) is 11.4 Å². The first-order valence-electron chi connectivity index (χ1n) is 11.5. The molecule has 0 bridgehead atoms. The van der Waals surface area contributed by atoms with Crippen molar-refractivity contribution in [2.24, 2.45) is 0 Å². The van der Waals surface area contributed by atoms with Crippen LogP contribution in [0, 0.1) is 20.2 Å². The number of methoxy groups -OCH3 is 1. The van der Waals surface area contributed by atoms with Crippen molar-refractivity contribution in [1.29, 1.82) is 0 Å². The Morgan fingerprint density at radius 2 is 1.57 bits per heavy atom. The molecule has 1 fully saturated rings. The lowest BCUT2D eigenvalue weighted by Gasteiger charge is -2.35. The smallest absolute Gasteiger partial charge is 0.293 e. The van der Waals surface area contributed by atoms with Gasteiger partial charge in [0.05, 0.1) is 27.6 Å². The number of nitro groups is 2. The van der Waals surface area contributed by atoms with Gasteiger partial charge in [-0.3, -0.25) is 25.1 Å². The Bertz CT molecular complexity index is 1420. The molecule has 3 aromatic carbocycles. The first-order valence-corrected chi connectivity index (χ1v) is 13.2. The van der Waals surface area contributed by atoms with Crippen LogP contribution in [0.25, 0.3) is 0 Å². The third kappa shape index (κ3) is 6.22. The van der Waals surface area contributed by atoms with Crippen LogP contribution in [-0.2, 0) is 22.1 Å². The summed E-state index contributed by atoms with van der Waals surface area (Å²) in [6.07, 6.45) is 0. The SMILES string of the molecule is COc1cccc(CS(=O)(=O)c2ccc(N3CCN(Cc4cccc([N+](=O)[O-])c4)CC3)c([N+](=O)[O-])c2)c1. The van der Waals surface area contributed by atoms with Crippen LogP contribution in [0.3, 0.4) is 0 Å². The average Bonchev–Trinajstić information content (AvgIpc) is 2.88. The Hall–Kier alpha value is -4.03. The maximum absolute atomic E-state index is 13.0. The number of nitro benzene ring substituents is 2. The molecule has 0 aliphatic carbocycles. The van der Waals surface area contributed by atoms with Crippen LogP contribution in [0.2, 0.25) is 0 Å². The Morgan fingerprint density at radius 1 is 0.865 bits per heavy atom.